The van der Waals surface area contributed by atoms with Crippen molar-refractivity contribution in [1.29, 1.82) is 0 Å². The highest BCUT2D eigenvalue weighted by atomic mass is 35.5. The summed E-state index contributed by atoms with van der Waals surface area (Å²) in [5, 5.41) is 1.35. The van der Waals surface area contributed by atoms with Gasteiger partial charge in [0.25, 0.3) is 0 Å². The molecular weight excluding hydrogens is 112 g/mol. The van der Waals surface area contributed by atoms with Crippen molar-refractivity contribution in [2.24, 2.45) is 0 Å². The van der Waals surface area contributed by atoms with Crippen LogP contribution in [-0.4, -0.2) is 15.6 Å². The van der Waals surface area contributed by atoms with Crippen LogP contribution in [-0.2, 0) is 0 Å². The van der Waals surface area contributed by atoms with E-state index in [0.29, 0.717) is 0 Å². The number of alkyl halides is 1. The SMILES string of the molecule is C=C([SiH3])C(C)Cl. The maximum Gasteiger partial charge on any atom is 0.0470 e. The summed E-state index contributed by atoms with van der Waals surface area (Å²) in [7, 11) is 1.03. The normalized spacial score (nSPS) is 14.3. The van der Waals surface area contributed by atoms with Crippen LogP contribution in [0.15, 0.2) is 11.8 Å². The van der Waals surface area contributed by atoms with Gasteiger partial charge in [-0.25, -0.2) is 0 Å². The smallest absolute Gasteiger partial charge is 0.0470 e. The van der Waals surface area contributed by atoms with Gasteiger partial charge in [0.1, 0.15) is 0 Å². The number of hydrogen-bond acceptors (Lipinski definition) is 0. The van der Waals surface area contributed by atoms with Gasteiger partial charge in [-0.3, -0.25) is 0 Å². The maximum atomic E-state index is 5.55. The monoisotopic (exact) mass is 120 g/mol. The predicted octanol–water partition coefficient (Wildman–Crippen LogP) is 0.493. The van der Waals surface area contributed by atoms with Crippen LogP contribution < -0.4 is 0 Å². The lowest BCUT2D eigenvalue weighted by molar-refractivity contribution is 1.21. The van der Waals surface area contributed by atoms with E-state index in [1.807, 2.05) is 6.92 Å². The Morgan fingerprint density at radius 1 is 2.00 bits per heavy atom. The maximum absolute atomic E-state index is 5.55. The Labute approximate surface area is 46.6 Å². The molecular formula is C4H9ClSi. The summed E-state index contributed by atoms with van der Waals surface area (Å²) in [5.74, 6) is 0. The number of allylic oxidation sites excluding steroid dienone is 1. The molecule has 0 aromatic rings. The van der Waals surface area contributed by atoms with Gasteiger partial charge in [-0.2, -0.15) is 0 Å². The minimum atomic E-state index is 0.191. The molecule has 0 aliphatic heterocycles. The van der Waals surface area contributed by atoms with E-state index >= 15 is 0 Å². The van der Waals surface area contributed by atoms with Crippen molar-refractivity contribution in [2.75, 3.05) is 0 Å². The van der Waals surface area contributed by atoms with E-state index in [0.717, 1.165) is 15.4 Å². The van der Waals surface area contributed by atoms with Gasteiger partial charge in [0.05, 0.1) is 0 Å². The Kier molecular flexibility index (Phi) is 2.52. The molecule has 36 valence electrons. The largest absolute Gasteiger partial charge is 0.119 e. The molecule has 6 heavy (non-hydrogen) atoms. The molecule has 0 radical (unpaired) electrons. The van der Waals surface area contributed by atoms with Crippen LogP contribution in [0.2, 0.25) is 0 Å². The average molecular weight is 121 g/mol. The molecule has 0 aromatic carbocycles. The zero-order valence-electron chi connectivity index (χ0n) is 4.16. The van der Waals surface area contributed by atoms with Crippen LogP contribution in [0.3, 0.4) is 0 Å². The van der Waals surface area contributed by atoms with Gasteiger partial charge in [0.15, 0.2) is 0 Å². The van der Waals surface area contributed by atoms with Crippen LogP contribution >= 0.6 is 11.6 Å². The highest BCUT2D eigenvalue weighted by Crippen LogP contribution is 1.99. The number of hydrogen-bond donors (Lipinski definition) is 0. The molecule has 0 aliphatic rings. The van der Waals surface area contributed by atoms with Crippen LogP contribution in [0.25, 0.3) is 0 Å². The lowest BCUT2D eigenvalue weighted by Gasteiger charge is -1.94. The van der Waals surface area contributed by atoms with Gasteiger partial charge in [-0.15, -0.1) is 18.2 Å². The van der Waals surface area contributed by atoms with E-state index < -0.39 is 0 Å². The molecule has 0 saturated carbocycles. The van der Waals surface area contributed by atoms with Crippen molar-refractivity contribution in [1.82, 2.24) is 0 Å². The first-order valence-electron chi connectivity index (χ1n) is 1.94. The quantitative estimate of drug-likeness (QED) is 0.349. The first kappa shape index (κ1) is 6.25. The minimum Gasteiger partial charge on any atom is -0.119 e. The molecule has 1 unspecified atom stereocenters. The molecule has 0 spiro atoms. The molecule has 0 nitrogen and oxygen atoms in total. The van der Waals surface area contributed by atoms with Gasteiger partial charge in [0, 0.05) is 15.6 Å². The summed E-state index contributed by atoms with van der Waals surface area (Å²) in [4.78, 5) is 0. The molecule has 0 fully saturated rings. The summed E-state index contributed by atoms with van der Waals surface area (Å²) < 4.78 is 0. The van der Waals surface area contributed by atoms with Crippen LogP contribution in [0, 0.1) is 0 Å². The van der Waals surface area contributed by atoms with Crippen LogP contribution in [0.1, 0.15) is 6.92 Å². The van der Waals surface area contributed by atoms with Gasteiger partial charge >= 0.3 is 0 Å². The summed E-state index contributed by atoms with van der Waals surface area (Å²) in [5.41, 5.74) is 0. The minimum absolute atomic E-state index is 0.191. The fraction of sp³-hybridized carbons (Fsp3) is 0.500. The summed E-state index contributed by atoms with van der Waals surface area (Å²) in [6, 6.07) is 0. The predicted molar refractivity (Wildman–Crippen MR) is 34.4 cm³/mol. The zero-order valence-corrected chi connectivity index (χ0v) is 6.92. The Balaban J connectivity index is 3.26. The van der Waals surface area contributed by atoms with Crippen LogP contribution in [0.5, 0.6) is 0 Å². The standard InChI is InChI=1S/C4H9ClSi/c1-3(5)4(2)6/h3H,2H2,1,6H3. The van der Waals surface area contributed by atoms with Crippen molar-refractivity contribution < 1.29 is 0 Å². The molecule has 0 amide bonds. The van der Waals surface area contributed by atoms with Gasteiger partial charge in [-0.1, -0.05) is 5.20 Å². The molecule has 0 rings (SSSR count). The molecule has 0 aromatic heterocycles. The second-order valence-electron chi connectivity index (χ2n) is 1.46. The summed E-state index contributed by atoms with van der Waals surface area (Å²) >= 11 is 5.55. The molecule has 2 heteroatoms. The van der Waals surface area contributed by atoms with Crippen molar-refractivity contribution in [3.8, 4) is 0 Å². The Hall–Kier alpha value is 0.247. The Bertz CT molecular complexity index is 58.6. The summed E-state index contributed by atoms with van der Waals surface area (Å²) in [6.07, 6.45) is 0. The second kappa shape index (κ2) is 2.43. The van der Waals surface area contributed by atoms with Crippen molar-refractivity contribution in [2.45, 2.75) is 12.3 Å². The third kappa shape index (κ3) is 2.48. The lowest BCUT2D eigenvalue weighted by Crippen LogP contribution is -1.92. The van der Waals surface area contributed by atoms with Crippen molar-refractivity contribution >= 4 is 21.8 Å². The summed E-state index contributed by atoms with van der Waals surface area (Å²) in [6.45, 7) is 5.63. The highest BCUT2D eigenvalue weighted by Gasteiger charge is 1.90. The Morgan fingerprint density at radius 2 is 2.17 bits per heavy atom. The molecule has 0 saturated heterocycles. The van der Waals surface area contributed by atoms with Gasteiger partial charge in [-0.05, 0) is 6.92 Å². The average Bonchev–Trinajstić information content (AvgIpc) is 1.36. The van der Waals surface area contributed by atoms with Crippen molar-refractivity contribution in [3.63, 3.8) is 0 Å². The fourth-order valence-corrected chi connectivity index (χ4v) is 0. The van der Waals surface area contributed by atoms with E-state index in [2.05, 4.69) is 6.58 Å². The highest BCUT2D eigenvalue weighted by molar-refractivity contribution is 6.32. The second-order valence-corrected chi connectivity index (χ2v) is 3.40. The van der Waals surface area contributed by atoms with Crippen LogP contribution in [0.4, 0.5) is 0 Å². The first-order valence-corrected chi connectivity index (χ1v) is 3.37. The molecule has 0 N–H and O–H groups in total. The molecule has 0 aliphatic carbocycles. The van der Waals surface area contributed by atoms with E-state index in [1.165, 1.54) is 0 Å². The van der Waals surface area contributed by atoms with E-state index in [1.54, 1.807) is 0 Å². The Morgan fingerprint density at radius 3 is 2.17 bits per heavy atom. The molecule has 0 heterocycles. The first-order chi connectivity index (χ1) is 2.64. The molecule has 0 bridgehead atoms. The van der Waals surface area contributed by atoms with Gasteiger partial charge < -0.3 is 0 Å². The van der Waals surface area contributed by atoms with E-state index in [-0.39, 0.29) is 5.38 Å². The van der Waals surface area contributed by atoms with E-state index in [9.17, 15) is 0 Å². The van der Waals surface area contributed by atoms with E-state index in [4.69, 9.17) is 11.6 Å². The molecule has 1 atom stereocenters. The van der Waals surface area contributed by atoms with Gasteiger partial charge in [0.2, 0.25) is 0 Å². The zero-order chi connectivity index (χ0) is 5.15. The number of rotatable bonds is 1. The number of halogens is 1. The third-order valence-electron chi connectivity index (χ3n) is 0.679. The lowest BCUT2D eigenvalue weighted by atomic mass is 10.5. The van der Waals surface area contributed by atoms with Crippen molar-refractivity contribution in [3.05, 3.63) is 11.8 Å². The topological polar surface area (TPSA) is 0 Å². The fourth-order valence-electron chi connectivity index (χ4n) is 0. The third-order valence-corrected chi connectivity index (χ3v) is 2.28.